The lowest BCUT2D eigenvalue weighted by Gasteiger charge is -2.47. The van der Waals surface area contributed by atoms with Crippen molar-refractivity contribution in [2.45, 2.75) is 57.9 Å². The number of ether oxygens (including phenoxy) is 1. The molecule has 8 nitrogen and oxygen atoms in total. The number of nitrogens with zero attached hydrogens (tertiary/aromatic N) is 1. The number of halogens is 2. The Kier molecular flexibility index (Phi) is 11.4. The molecule has 0 spiro atoms. The average molecular weight is 637 g/mol. The van der Waals surface area contributed by atoms with E-state index < -0.39 is 28.8 Å². The Hall–Kier alpha value is -2.50. The molecule has 0 saturated carbocycles. The Morgan fingerprint density at radius 3 is 2.38 bits per heavy atom. The second-order valence-corrected chi connectivity index (χ2v) is 13.8. The molecule has 1 amide bonds. The largest absolute Gasteiger partial charge is 0.491 e. The number of benzene rings is 3. The van der Waals surface area contributed by atoms with Crippen LogP contribution in [0, 0.1) is 0 Å². The molecule has 4 rings (SSSR count). The molecule has 0 aliphatic carbocycles. The highest BCUT2D eigenvalue weighted by Gasteiger charge is 2.29. The minimum atomic E-state index is -3.00. The Balaban J connectivity index is 1.54. The lowest BCUT2D eigenvalue weighted by atomic mass is 10.00. The number of hydrogen-bond donors (Lipinski definition) is 5. The van der Waals surface area contributed by atoms with Crippen LogP contribution in [0.25, 0.3) is 0 Å². The lowest BCUT2D eigenvalue weighted by Crippen LogP contribution is -2.48. The summed E-state index contributed by atoms with van der Waals surface area (Å²) < 4.78 is 29.0. The van der Waals surface area contributed by atoms with Crippen molar-refractivity contribution in [3.63, 3.8) is 0 Å². The fourth-order valence-electron chi connectivity index (χ4n) is 4.93. The fourth-order valence-corrected chi connectivity index (χ4v) is 7.17. The molecule has 1 aliphatic rings. The first-order chi connectivity index (χ1) is 20.0. The predicted octanol–water partition coefficient (Wildman–Crippen LogP) is 6.54. The highest BCUT2D eigenvalue weighted by Crippen LogP contribution is 2.50. The monoisotopic (exact) mass is 635 g/mol. The molecule has 1 heterocycles. The summed E-state index contributed by atoms with van der Waals surface area (Å²) in [4.78, 5) is 13.7. The highest BCUT2D eigenvalue weighted by molar-refractivity contribution is 8.25. The predicted molar refractivity (Wildman–Crippen MR) is 172 cm³/mol. The molecule has 42 heavy (non-hydrogen) atoms. The third-order valence-electron chi connectivity index (χ3n) is 6.88. The smallest absolute Gasteiger partial charge is 0.251 e. The summed E-state index contributed by atoms with van der Waals surface area (Å²) in [6, 6.07) is 19.3. The van der Waals surface area contributed by atoms with E-state index >= 15 is 0 Å². The number of nitrogens with one attached hydrogen (secondary N) is 2. The Labute approximate surface area is 259 Å². The van der Waals surface area contributed by atoms with Gasteiger partial charge in [0.05, 0.1) is 29.7 Å². The van der Waals surface area contributed by atoms with E-state index in [2.05, 4.69) is 10.6 Å². The van der Waals surface area contributed by atoms with Gasteiger partial charge in [0.25, 0.3) is 5.91 Å². The molecular formula is C31H39Cl2N3O5S. The first kappa shape index (κ1) is 32.4. The zero-order chi connectivity index (χ0) is 30.3. The van der Waals surface area contributed by atoms with E-state index in [0.717, 1.165) is 24.0 Å². The van der Waals surface area contributed by atoms with Gasteiger partial charge in [-0.05, 0) is 74.6 Å². The van der Waals surface area contributed by atoms with Crippen LogP contribution in [0.2, 0.25) is 10.0 Å². The number of aliphatic hydroxyl groups excluding tert-OH is 1. The van der Waals surface area contributed by atoms with E-state index in [1.807, 2.05) is 44.2 Å². The van der Waals surface area contributed by atoms with Gasteiger partial charge >= 0.3 is 0 Å². The van der Waals surface area contributed by atoms with Crippen molar-refractivity contribution in [1.29, 1.82) is 0 Å². The normalized spacial score (nSPS) is 17.0. The molecule has 3 aromatic rings. The number of hydrogen-bond acceptors (Lipinski definition) is 7. The zero-order valence-electron chi connectivity index (χ0n) is 23.8. The van der Waals surface area contributed by atoms with E-state index in [0.29, 0.717) is 46.6 Å². The first-order valence-electron chi connectivity index (χ1n) is 14.0. The summed E-state index contributed by atoms with van der Waals surface area (Å²) >= 11 is 12.2. The van der Waals surface area contributed by atoms with Crippen molar-refractivity contribution in [1.82, 2.24) is 10.6 Å². The van der Waals surface area contributed by atoms with Crippen molar-refractivity contribution >= 4 is 45.6 Å². The van der Waals surface area contributed by atoms with Gasteiger partial charge in [-0.25, -0.2) is 0 Å². The van der Waals surface area contributed by atoms with E-state index in [4.69, 9.17) is 27.9 Å². The van der Waals surface area contributed by atoms with Gasteiger partial charge in [0.1, 0.15) is 5.75 Å². The van der Waals surface area contributed by atoms with E-state index in [-0.39, 0.29) is 18.4 Å². The molecular weight excluding hydrogens is 597 g/mol. The molecule has 1 saturated heterocycles. The van der Waals surface area contributed by atoms with Crippen LogP contribution in [0.1, 0.15) is 48.2 Å². The molecule has 0 radical (unpaired) electrons. The molecule has 2 atom stereocenters. The fraction of sp³-hybridized carbons (Fsp3) is 0.387. The average Bonchev–Trinajstić information content (AvgIpc) is 2.92. The third-order valence-corrected chi connectivity index (χ3v) is 9.25. The van der Waals surface area contributed by atoms with Gasteiger partial charge in [0.2, 0.25) is 0 Å². The van der Waals surface area contributed by atoms with Crippen LogP contribution >= 0.6 is 34.0 Å². The van der Waals surface area contributed by atoms with Crippen LogP contribution in [0.5, 0.6) is 5.75 Å². The number of aliphatic hydroxyl groups is 1. The van der Waals surface area contributed by atoms with Crippen LogP contribution in [0.15, 0.2) is 66.7 Å². The number of carbonyl (C=O) groups excluding carboxylic acids is 1. The molecule has 0 bridgehead atoms. The minimum Gasteiger partial charge on any atom is -0.491 e. The highest BCUT2D eigenvalue weighted by atomic mass is 35.5. The summed E-state index contributed by atoms with van der Waals surface area (Å²) in [6.07, 6.45) is 0.872. The van der Waals surface area contributed by atoms with E-state index in [1.165, 1.54) is 0 Å². The Bertz CT molecular complexity index is 1330. The van der Waals surface area contributed by atoms with Crippen molar-refractivity contribution in [3.05, 3.63) is 93.5 Å². The third kappa shape index (κ3) is 9.25. The maximum absolute atomic E-state index is 13.7. The van der Waals surface area contributed by atoms with Gasteiger partial charge in [0, 0.05) is 41.3 Å². The SMILES string of the molecule is CC(C)Oc1cc(C(=O)NC(Cc2ccccc2)C(O)CNCc2cc(Cl)cc(Cl)c2)cc(N2CCCCS2(O)O)c1. The number of anilines is 1. The van der Waals surface area contributed by atoms with Gasteiger partial charge in [0.15, 0.2) is 0 Å². The number of rotatable bonds is 12. The molecule has 228 valence electrons. The molecule has 11 heteroatoms. The molecule has 1 aliphatic heterocycles. The summed E-state index contributed by atoms with van der Waals surface area (Å²) in [7, 11) is -3.00. The van der Waals surface area contributed by atoms with Crippen LogP contribution < -0.4 is 19.7 Å². The number of amides is 1. The molecule has 1 fully saturated rings. The quantitative estimate of drug-likeness (QED) is 0.154. The van der Waals surface area contributed by atoms with Crippen LogP contribution in [-0.4, -0.2) is 57.2 Å². The van der Waals surface area contributed by atoms with Crippen molar-refractivity contribution < 1.29 is 23.7 Å². The molecule has 2 unspecified atom stereocenters. The standard InChI is InChI=1S/C31H39Cl2N3O5S/c1-21(2)41-28-16-24(15-27(18-28)36-10-6-7-11-42(36,39)40)31(38)35-29(14-22-8-4-3-5-9-22)30(37)20-34-19-23-12-25(32)17-26(33)13-23/h3-5,8-9,12-13,15-18,21,29-30,34,37,39-40H,6-7,10-11,14,19-20H2,1-2H3,(H,35,38). The Morgan fingerprint density at radius 2 is 1.71 bits per heavy atom. The van der Waals surface area contributed by atoms with Crippen LogP contribution in [0.4, 0.5) is 5.69 Å². The first-order valence-corrected chi connectivity index (χ1v) is 16.5. The molecule has 3 aromatic carbocycles. The van der Waals surface area contributed by atoms with E-state index in [1.54, 1.807) is 40.7 Å². The Morgan fingerprint density at radius 1 is 1.00 bits per heavy atom. The van der Waals surface area contributed by atoms with Gasteiger partial charge < -0.3 is 20.5 Å². The molecule has 0 aromatic heterocycles. The topological polar surface area (TPSA) is 114 Å². The second-order valence-electron chi connectivity index (χ2n) is 10.8. The maximum Gasteiger partial charge on any atom is 0.251 e. The summed E-state index contributed by atoms with van der Waals surface area (Å²) in [6.45, 7) is 4.88. The van der Waals surface area contributed by atoms with Gasteiger partial charge in [-0.2, -0.15) is 0 Å². The summed E-state index contributed by atoms with van der Waals surface area (Å²) in [5.74, 6) is 0.333. The van der Waals surface area contributed by atoms with Crippen molar-refractivity contribution in [2.24, 2.45) is 0 Å². The zero-order valence-corrected chi connectivity index (χ0v) is 26.1. The van der Waals surface area contributed by atoms with Gasteiger partial charge in [-0.15, -0.1) is 10.8 Å². The maximum atomic E-state index is 13.7. The lowest BCUT2D eigenvalue weighted by molar-refractivity contribution is 0.0829. The minimum absolute atomic E-state index is 0.147. The van der Waals surface area contributed by atoms with Gasteiger partial charge in [-0.1, -0.05) is 53.5 Å². The van der Waals surface area contributed by atoms with E-state index in [9.17, 15) is 19.0 Å². The number of carbonyl (C=O) groups is 1. The summed E-state index contributed by atoms with van der Waals surface area (Å²) in [5, 5.41) is 18.5. The van der Waals surface area contributed by atoms with Crippen molar-refractivity contribution in [3.8, 4) is 5.75 Å². The van der Waals surface area contributed by atoms with Crippen LogP contribution in [0.3, 0.4) is 0 Å². The van der Waals surface area contributed by atoms with Crippen molar-refractivity contribution in [2.75, 3.05) is 23.1 Å². The van der Waals surface area contributed by atoms with Gasteiger partial charge in [-0.3, -0.25) is 18.2 Å². The van der Waals surface area contributed by atoms with Crippen LogP contribution in [-0.2, 0) is 13.0 Å². The second kappa shape index (κ2) is 14.8. The molecule has 5 N–H and O–H groups in total. The summed E-state index contributed by atoms with van der Waals surface area (Å²) in [5.41, 5.74) is 2.65.